The second-order valence-corrected chi connectivity index (χ2v) is 30.9. The van der Waals surface area contributed by atoms with Crippen LogP contribution in [0.25, 0.3) is 0 Å². The van der Waals surface area contributed by atoms with Gasteiger partial charge in [-0.2, -0.15) is 0 Å². The van der Waals surface area contributed by atoms with Gasteiger partial charge in [0, 0.05) is 25.7 Å². The Bertz CT molecular complexity index is 1820. The van der Waals surface area contributed by atoms with E-state index in [0.717, 1.165) is 102 Å². The first kappa shape index (κ1) is 92.1. The van der Waals surface area contributed by atoms with E-state index in [2.05, 4.69) is 41.5 Å². The van der Waals surface area contributed by atoms with E-state index in [1.165, 1.54) is 205 Å². The van der Waals surface area contributed by atoms with Gasteiger partial charge >= 0.3 is 39.5 Å². The molecule has 5 atom stereocenters. The maximum absolute atomic E-state index is 13.1. The van der Waals surface area contributed by atoms with E-state index in [4.69, 9.17) is 37.0 Å². The lowest BCUT2D eigenvalue weighted by Crippen LogP contribution is -2.30. The minimum Gasteiger partial charge on any atom is -0.462 e. The summed E-state index contributed by atoms with van der Waals surface area (Å²) in [5.41, 5.74) is 0. The lowest BCUT2D eigenvalue weighted by Gasteiger charge is -2.21. The number of carbonyl (C=O) groups is 4. The van der Waals surface area contributed by atoms with Crippen LogP contribution in [0, 0.1) is 11.8 Å². The van der Waals surface area contributed by atoms with Crippen molar-refractivity contribution in [2.75, 3.05) is 39.6 Å². The molecule has 0 aromatic carbocycles. The zero-order valence-electron chi connectivity index (χ0n) is 61.3. The van der Waals surface area contributed by atoms with Crippen molar-refractivity contribution in [3.05, 3.63) is 0 Å². The zero-order valence-corrected chi connectivity index (χ0v) is 63.1. The van der Waals surface area contributed by atoms with Crippen LogP contribution < -0.4 is 0 Å². The number of hydrogen-bond donors (Lipinski definition) is 3. The third kappa shape index (κ3) is 68.6. The van der Waals surface area contributed by atoms with Crippen molar-refractivity contribution in [1.29, 1.82) is 0 Å². The molecular formula is C75H146O17P2. The van der Waals surface area contributed by atoms with Crippen LogP contribution >= 0.6 is 15.6 Å². The Morgan fingerprint density at radius 2 is 0.489 bits per heavy atom. The molecule has 0 saturated carbocycles. The molecule has 0 aliphatic carbocycles. The highest BCUT2D eigenvalue weighted by Crippen LogP contribution is 2.45. The van der Waals surface area contributed by atoms with E-state index < -0.39 is 97.5 Å². The zero-order chi connectivity index (χ0) is 69.3. The van der Waals surface area contributed by atoms with Crippen molar-refractivity contribution >= 4 is 39.5 Å². The normalized spacial score (nSPS) is 14.0. The predicted octanol–water partition coefficient (Wildman–Crippen LogP) is 21.9. The Balaban J connectivity index is 5.21. The molecule has 558 valence electrons. The third-order valence-corrected chi connectivity index (χ3v) is 19.4. The van der Waals surface area contributed by atoms with Crippen LogP contribution in [0.1, 0.15) is 388 Å². The molecule has 0 amide bonds. The van der Waals surface area contributed by atoms with Crippen molar-refractivity contribution in [3.63, 3.8) is 0 Å². The van der Waals surface area contributed by atoms with Crippen molar-refractivity contribution in [3.8, 4) is 0 Å². The molecule has 0 fully saturated rings. The molecule has 0 bridgehead atoms. The maximum Gasteiger partial charge on any atom is 0.472 e. The number of esters is 4. The van der Waals surface area contributed by atoms with Gasteiger partial charge in [-0.05, 0) is 37.5 Å². The Hall–Kier alpha value is -1.94. The fourth-order valence-electron chi connectivity index (χ4n) is 11.5. The number of phosphoric ester groups is 2. The van der Waals surface area contributed by atoms with E-state index in [-0.39, 0.29) is 25.7 Å². The molecule has 0 heterocycles. The van der Waals surface area contributed by atoms with Gasteiger partial charge in [-0.25, -0.2) is 9.13 Å². The quantitative estimate of drug-likeness (QED) is 0.0222. The Morgan fingerprint density at radius 3 is 0.723 bits per heavy atom. The minimum absolute atomic E-state index is 0.107. The SMILES string of the molecule is CCCCCCCCCCCCCC(=O)O[C@H](COC(=O)CCCCCCCCCCC)COP(=O)(O)OC[C@H](O)COP(=O)(O)OC[C@@H](COC(=O)CCCCCCCCCCCCCCC(C)C)OC(=O)CCCCCCCCCCCCCCCCCCC(C)C. The van der Waals surface area contributed by atoms with Crippen LogP contribution in [0.15, 0.2) is 0 Å². The van der Waals surface area contributed by atoms with E-state index in [1.807, 2.05) is 0 Å². The largest absolute Gasteiger partial charge is 0.472 e. The molecule has 0 rings (SSSR count). The topological polar surface area (TPSA) is 237 Å². The van der Waals surface area contributed by atoms with E-state index >= 15 is 0 Å². The summed E-state index contributed by atoms with van der Waals surface area (Å²) in [6.07, 6.45) is 54.0. The average molecular weight is 1380 g/mol. The van der Waals surface area contributed by atoms with Crippen LogP contribution in [0.3, 0.4) is 0 Å². The summed E-state index contributed by atoms with van der Waals surface area (Å²) in [5.74, 6) is -0.526. The van der Waals surface area contributed by atoms with E-state index in [0.29, 0.717) is 25.7 Å². The molecule has 0 aliphatic heterocycles. The number of phosphoric acid groups is 2. The fourth-order valence-corrected chi connectivity index (χ4v) is 13.1. The first-order chi connectivity index (χ1) is 45.4. The number of aliphatic hydroxyl groups excluding tert-OH is 1. The second kappa shape index (κ2) is 66.9. The molecule has 2 unspecified atom stereocenters. The van der Waals surface area contributed by atoms with Crippen molar-refractivity contribution in [1.82, 2.24) is 0 Å². The average Bonchev–Trinajstić information content (AvgIpc) is 1.99. The van der Waals surface area contributed by atoms with Gasteiger partial charge < -0.3 is 33.8 Å². The van der Waals surface area contributed by atoms with E-state index in [9.17, 15) is 43.2 Å². The third-order valence-electron chi connectivity index (χ3n) is 17.5. The molecular weight excluding hydrogens is 1230 g/mol. The summed E-state index contributed by atoms with van der Waals surface area (Å²) in [7, 11) is -9.90. The Kier molecular flexibility index (Phi) is 65.5. The number of unbranched alkanes of at least 4 members (excludes halogenated alkanes) is 44. The van der Waals surface area contributed by atoms with Crippen LogP contribution in [-0.2, 0) is 65.4 Å². The van der Waals surface area contributed by atoms with Gasteiger partial charge in [0.05, 0.1) is 26.4 Å². The van der Waals surface area contributed by atoms with Gasteiger partial charge in [-0.3, -0.25) is 37.3 Å². The molecule has 0 spiro atoms. The number of aliphatic hydroxyl groups is 1. The molecule has 0 aromatic heterocycles. The summed E-state index contributed by atoms with van der Waals surface area (Å²) in [6, 6.07) is 0. The van der Waals surface area contributed by atoms with Gasteiger partial charge in [0.2, 0.25) is 0 Å². The molecule has 0 radical (unpaired) electrons. The summed E-state index contributed by atoms with van der Waals surface area (Å²) in [4.78, 5) is 72.7. The molecule has 0 aromatic rings. The van der Waals surface area contributed by atoms with Crippen LogP contribution in [-0.4, -0.2) is 96.7 Å². The monoisotopic (exact) mass is 1380 g/mol. The highest BCUT2D eigenvalue weighted by Gasteiger charge is 2.30. The van der Waals surface area contributed by atoms with Crippen LogP contribution in [0.4, 0.5) is 0 Å². The molecule has 3 N–H and O–H groups in total. The molecule has 94 heavy (non-hydrogen) atoms. The van der Waals surface area contributed by atoms with Crippen molar-refractivity contribution in [2.24, 2.45) is 11.8 Å². The van der Waals surface area contributed by atoms with Crippen LogP contribution in [0.5, 0.6) is 0 Å². The minimum atomic E-state index is -4.96. The van der Waals surface area contributed by atoms with E-state index in [1.54, 1.807) is 0 Å². The van der Waals surface area contributed by atoms with Gasteiger partial charge in [0.15, 0.2) is 12.2 Å². The van der Waals surface area contributed by atoms with Gasteiger partial charge in [0.1, 0.15) is 19.3 Å². The van der Waals surface area contributed by atoms with Gasteiger partial charge in [0.25, 0.3) is 0 Å². The molecule has 17 nitrogen and oxygen atoms in total. The lowest BCUT2D eigenvalue weighted by molar-refractivity contribution is -0.161. The first-order valence-corrected chi connectivity index (χ1v) is 42.0. The molecule has 0 saturated heterocycles. The van der Waals surface area contributed by atoms with Gasteiger partial charge in [-0.15, -0.1) is 0 Å². The number of carbonyl (C=O) groups excluding carboxylic acids is 4. The first-order valence-electron chi connectivity index (χ1n) is 39.0. The van der Waals surface area contributed by atoms with Crippen LogP contribution in [0.2, 0.25) is 0 Å². The van der Waals surface area contributed by atoms with Crippen molar-refractivity contribution in [2.45, 2.75) is 407 Å². The Labute approximate surface area is 575 Å². The lowest BCUT2D eigenvalue weighted by atomic mass is 10.0. The predicted molar refractivity (Wildman–Crippen MR) is 381 cm³/mol. The number of rotatable bonds is 74. The second-order valence-electron chi connectivity index (χ2n) is 28.0. The standard InChI is InChI=1S/C75H146O17P2/c1-7-9-11-13-15-17-26-35-41-47-53-59-74(79)91-70(63-85-72(77)57-51-45-39-31-16-14-12-10-8-2)65-89-93(81,82)87-61-69(76)62-88-94(83,84)90-66-71(64-86-73(78)58-52-46-40-34-29-25-24-28-33-38-44-50-56-68(5)6)92-75(80)60-54-48-42-36-30-23-21-19-18-20-22-27-32-37-43-49-55-67(3)4/h67-71,76H,7-66H2,1-6H3,(H,81,82)(H,83,84)/t69-,70+,71+/m0/s1. The summed E-state index contributed by atoms with van der Waals surface area (Å²) in [5, 5.41) is 10.6. The summed E-state index contributed by atoms with van der Waals surface area (Å²) < 4.78 is 68.4. The highest BCUT2D eigenvalue weighted by atomic mass is 31.2. The number of ether oxygens (including phenoxy) is 4. The van der Waals surface area contributed by atoms with Gasteiger partial charge in [-0.1, -0.05) is 337 Å². The summed E-state index contributed by atoms with van der Waals surface area (Å²) in [6.45, 7) is 9.61. The maximum atomic E-state index is 13.1. The molecule has 19 heteroatoms. The number of hydrogen-bond acceptors (Lipinski definition) is 15. The van der Waals surface area contributed by atoms with Crippen molar-refractivity contribution < 1.29 is 80.2 Å². The smallest absolute Gasteiger partial charge is 0.462 e. The summed E-state index contributed by atoms with van der Waals surface area (Å²) >= 11 is 0. The highest BCUT2D eigenvalue weighted by molar-refractivity contribution is 7.47. The Morgan fingerprint density at radius 1 is 0.287 bits per heavy atom. The molecule has 0 aliphatic rings. The fraction of sp³-hybridized carbons (Fsp3) is 0.947.